The number of nitrogens with zero attached hydrogens (tertiary/aromatic N) is 3. The van der Waals surface area contributed by atoms with Crippen LogP contribution in [0.2, 0.25) is 0 Å². The summed E-state index contributed by atoms with van der Waals surface area (Å²) < 4.78 is 12.8. The van der Waals surface area contributed by atoms with Crippen LogP contribution >= 0.6 is 12.2 Å². The normalized spacial score (nSPS) is 11.0. The molecule has 1 aromatic heterocycles. The van der Waals surface area contributed by atoms with Crippen molar-refractivity contribution < 1.29 is 14.6 Å². The van der Waals surface area contributed by atoms with Crippen molar-refractivity contribution in [3.63, 3.8) is 0 Å². The van der Waals surface area contributed by atoms with Crippen molar-refractivity contribution in [1.82, 2.24) is 14.9 Å². The lowest BCUT2D eigenvalue weighted by molar-refractivity contribution is 0.318. The molecule has 27 heavy (non-hydrogen) atoms. The van der Waals surface area contributed by atoms with E-state index in [1.165, 1.54) is 4.68 Å². The number of phenols is 1. The van der Waals surface area contributed by atoms with E-state index in [0.29, 0.717) is 29.6 Å². The topological polar surface area (TPSA) is 84.7 Å². The molecule has 3 rings (SSSR count). The summed E-state index contributed by atoms with van der Waals surface area (Å²) in [6.45, 7) is 4.86. The SMILES string of the molecule is CCOc1ccc(-c2n[nH]c(=S)n2/N=C/c2ccc(O)c(OCC)c2)cc1. The molecule has 0 atom stereocenters. The highest BCUT2D eigenvalue weighted by atomic mass is 32.1. The number of rotatable bonds is 7. The lowest BCUT2D eigenvalue weighted by Gasteiger charge is -2.06. The number of aromatic nitrogens is 3. The molecule has 140 valence electrons. The maximum Gasteiger partial charge on any atom is 0.216 e. The van der Waals surface area contributed by atoms with Crippen LogP contribution in [0.1, 0.15) is 19.4 Å². The molecule has 2 N–H and O–H groups in total. The molecule has 8 heteroatoms. The largest absolute Gasteiger partial charge is 0.504 e. The van der Waals surface area contributed by atoms with E-state index >= 15 is 0 Å². The molecule has 0 aliphatic carbocycles. The monoisotopic (exact) mass is 384 g/mol. The first-order valence-corrected chi connectivity index (χ1v) is 8.94. The Hall–Kier alpha value is -3.13. The maximum atomic E-state index is 9.80. The van der Waals surface area contributed by atoms with Gasteiger partial charge in [0.2, 0.25) is 4.77 Å². The Morgan fingerprint density at radius 2 is 1.89 bits per heavy atom. The first-order valence-electron chi connectivity index (χ1n) is 8.53. The number of benzene rings is 2. The first kappa shape index (κ1) is 18.7. The zero-order valence-corrected chi connectivity index (χ0v) is 15.9. The second-order valence-corrected chi connectivity index (χ2v) is 5.91. The summed E-state index contributed by atoms with van der Waals surface area (Å²) in [5.41, 5.74) is 1.61. The summed E-state index contributed by atoms with van der Waals surface area (Å²) in [5.74, 6) is 1.87. The van der Waals surface area contributed by atoms with Gasteiger partial charge in [-0.3, -0.25) is 0 Å². The van der Waals surface area contributed by atoms with Gasteiger partial charge in [0.1, 0.15) is 5.75 Å². The van der Waals surface area contributed by atoms with Crippen LogP contribution in [-0.4, -0.2) is 39.4 Å². The van der Waals surface area contributed by atoms with Crippen LogP contribution in [0, 0.1) is 4.77 Å². The molecule has 0 saturated carbocycles. The second kappa shape index (κ2) is 8.50. The van der Waals surface area contributed by atoms with Gasteiger partial charge in [-0.15, -0.1) is 0 Å². The highest BCUT2D eigenvalue weighted by Crippen LogP contribution is 2.26. The van der Waals surface area contributed by atoms with Crippen molar-refractivity contribution in [1.29, 1.82) is 0 Å². The Morgan fingerprint density at radius 1 is 1.15 bits per heavy atom. The average molecular weight is 384 g/mol. The third-order valence-electron chi connectivity index (χ3n) is 3.68. The molecule has 0 spiro atoms. The minimum atomic E-state index is 0.0870. The van der Waals surface area contributed by atoms with E-state index in [-0.39, 0.29) is 5.75 Å². The van der Waals surface area contributed by atoms with Gasteiger partial charge in [-0.25, -0.2) is 5.10 Å². The quantitative estimate of drug-likeness (QED) is 0.475. The smallest absolute Gasteiger partial charge is 0.216 e. The van der Waals surface area contributed by atoms with Crippen LogP contribution in [0.4, 0.5) is 0 Å². The third-order valence-corrected chi connectivity index (χ3v) is 3.94. The Balaban J connectivity index is 1.90. The molecule has 0 amide bonds. The van der Waals surface area contributed by atoms with Crippen LogP contribution in [0.3, 0.4) is 0 Å². The number of phenolic OH excluding ortho intramolecular Hbond substituents is 1. The molecular formula is C19H20N4O3S. The summed E-state index contributed by atoms with van der Waals surface area (Å²) in [4.78, 5) is 0. The standard InChI is InChI=1S/C19H20N4O3S/c1-3-25-15-8-6-14(7-9-15)18-21-22-19(27)23(18)20-12-13-5-10-16(24)17(11-13)26-4-2/h5-12,24H,3-4H2,1-2H3,(H,22,27)/b20-12+. The Morgan fingerprint density at radius 3 is 2.59 bits per heavy atom. The molecule has 0 radical (unpaired) electrons. The van der Waals surface area contributed by atoms with E-state index in [1.54, 1.807) is 24.4 Å². The molecule has 2 aromatic carbocycles. The van der Waals surface area contributed by atoms with Gasteiger partial charge in [-0.05, 0) is 74.1 Å². The number of aromatic amines is 1. The molecule has 0 aliphatic rings. The molecule has 0 unspecified atom stereocenters. The fourth-order valence-corrected chi connectivity index (χ4v) is 2.64. The average Bonchev–Trinajstić information content (AvgIpc) is 3.04. The van der Waals surface area contributed by atoms with Crippen LogP contribution in [0.15, 0.2) is 47.6 Å². The third kappa shape index (κ3) is 4.35. The number of aromatic hydroxyl groups is 1. The molecule has 7 nitrogen and oxygen atoms in total. The van der Waals surface area contributed by atoms with Crippen LogP contribution in [0.5, 0.6) is 17.2 Å². The Kier molecular flexibility index (Phi) is 5.87. The predicted octanol–water partition coefficient (Wildman–Crippen LogP) is 3.99. The number of nitrogens with one attached hydrogen (secondary N) is 1. The Bertz CT molecular complexity index is 993. The Labute approximate surface area is 161 Å². The summed E-state index contributed by atoms with van der Waals surface area (Å²) in [6.07, 6.45) is 1.63. The van der Waals surface area contributed by atoms with E-state index in [4.69, 9.17) is 21.7 Å². The van der Waals surface area contributed by atoms with E-state index < -0.39 is 0 Å². The minimum Gasteiger partial charge on any atom is -0.504 e. The zero-order chi connectivity index (χ0) is 19.2. The summed E-state index contributed by atoms with van der Waals surface area (Å²) in [7, 11) is 0. The molecule has 0 bridgehead atoms. The van der Waals surface area contributed by atoms with Gasteiger partial charge >= 0.3 is 0 Å². The zero-order valence-electron chi connectivity index (χ0n) is 15.0. The van der Waals surface area contributed by atoms with Crippen molar-refractivity contribution in [2.45, 2.75) is 13.8 Å². The molecule has 1 heterocycles. The van der Waals surface area contributed by atoms with Crippen molar-refractivity contribution in [3.8, 4) is 28.6 Å². The molecular weight excluding hydrogens is 364 g/mol. The molecule has 0 fully saturated rings. The van der Waals surface area contributed by atoms with Crippen molar-refractivity contribution >= 4 is 18.4 Å². The van der Waals surface area contributed by atoms with E-state index in [9.17, 15) is 5.11 Å². The molecule has 3 aromatic rings. The van der Waals surface area contributed by atoms with Crippen LogP contribution < -0.4 is 9.47 Å². The lowest BCUT2D eigenvalue weighted by Crippen LogP contribution is -1.97. The molecule has 0 aliphatic heterocycles. The summed E-state index contributed by atoms with van der Waals surface area (Å²) in [5, 5.41) is 21.2. The van der Waals surface area contributed by atoms with Gasteiger partial charge in [0.25, 0.3) is 0 Å². The van der Waals surface area contributed by atoms with Gasteiger partial charge in [0.15, 0.2) is 17.3 Å². The second-order valence-electron chi connectivity index (χ2n) is 5.53. The highest BCUT2D eigenvalue weighted by Gasteiger charge is 2.09. The summed E-state index contributed by atoms with van der Waals surface area (Å²) >= 11 is 5.29. The number of hydrogen-bond donors (Lipinski definition) is 2. The molecule has 0 saturated heterocycles. The van der Waals surface area contributed by atoms with Crippen LogP contribution in [0.25, 0.3) is 11.4 Å². The van der Waals surface area contributed by atoms with Crippen molar-refractivity contribution in [2.24, 2.45) is 5.10 Å². The first-order chi connectivity index (χ1) is 13.1. The lowest BCUT2D eigenvalue weighted by atomic mass is 10.2. The van der Waals surface area contributed by atoms with Gasteiger partial charge in [0, 0.05) is 5.56 Å². The van der Waals surface area contributed by atoms with Gasteiger partial charge in [-0.2, -0.15) is 14.9 Å². The van der Waals surface area contributed by atoms with Gasteiger partial charge in [0.05, 0.1) is 19.4 Å². The van der Waals surface area contributed by atoms with E-state index in [2.05, 4.69) is 15.3 Å². The van der Waals surface area contributed by atoms with E-state index in [0.717, 1.165) is 16.9 Å². The number of hydrogen-bond acceptors (Lipinski definition) is 6. The summed E-state index contributed by atoms with van der Waals surface area (Å²) in [6, 6.07) is 12.6. The van der Waals surface area contributed by atoms with E-state index in [1.807, 2.05) is 38.1 Å². The fourth-order valence-electron chi connectivity index (χ4n) is 2.46. The maximum absolute atomic E-state index is 9.80. The van der Waals surface area contributed by atoms with Crippen molar-refractivity contribution in [2.75, 3.05) is 13.2 Å². The van der Waals surface area contributed by atoms with Crippen molar-refractivity contribution in [3.05, 3.63) is 52.8 Å². The number of ether oxygens (including phenoxy) is 2. The minimum absolute atomic E-state index is 0.0870. The fraction of sp³-hybridized carbons (Fsp3) is 0.211. The predicted molar refractivity (Wildman–Crippen MR) is 106 cm³/mol. The van der Waals surface area contributed by atoms with Gasteiger partial charge < -0.3 is 14.6 Å². The van der Waals surface area contributed by atoms with Gasteiger partial charge in [-0.1, -0.05) is 0 Å². The van der Waals surface area contributed by atoms with Crippen LogP contribution in [-0.2, 0) is 0 Å². The highest BCUT2D eigenvalue weighted by molar-refractivity contribution is 7.71. The number of H-pyrrole nitrogens is 1.